The van der Waals surface area contributed by atoms with Gasteiger partial charge in [0.25, 0.3) is 5.56 Å². The molecule has 1 aliphatic carbocycles. The zero-order valence-electron chi connectivity index (χ0n) is 21.8. The van der Waals surface area contributed by atoms with Crippen LogP contribution in [-0.2, 0) is 16.9 Å². The fourth-order valence-corrected chi connectivity index (χ4v) is 5.28. The second-order valence-electron chi connectivity index (χ2n) is 11.1. The molecule has 1 saturated heterocycles. The Morgan fingerprint density at radius 1 is 1.05 bits per heavy atom. The van der Waals surface area contributed by atoms with E-state index in [9.17, 15) is 14.7 Å². The maximum absolute atomic E-state index is 13.3. The molecule has 1 N–H and O–H groups in total. The van der Waals surface area contributed by atoms with Gasteiger partial charge in [-0.2, -0.15) is 5.10 Å². The molecule has 2 aliphatic rings. The minimum Gasteiger partial charge on any atom is -0.438 e. The van der Waals surface area contributed by atoms with E-state index in [1.165, 1.54) is 0 Å². The molecule has 2 fully saturated rings. The zero-order chi connectivity index (χ0) is 26.2. The molecule has 37 heavy (non-hydrogen) atoms. The smallest absolute Gasteiger partial charge is 0.411 e. The van der Waals surface area contributed by atoms with Crippen molar-refractivity contribution in [2.45, 2.75) is 70.2 Å². The van der Waals surface area contributed by atoms with Crippen LogP contribution >= 0.6 is 0 Å². The van der Waals surface area contributed by atoms with Crippen LogP contribution in [-0.4, -0.2) is 38.0 Å². The first-order chi connectivity index (χ1) is 17.6. The van der Waals surface area contributed by atoms with E-state index in [-0.39, 0.29) is 17.7 Å². The highest BCUT2D eigenvalue weighted by Crippen LogP contribution is 2.42. The van der Waals surface area contributed by atoms with Crippen LogP contribution in [0.3, 0.4) is 0 Å². The van der Waals surface area contributed by atoms with Gasteiger partial charge in [0.05, 0.1) is 17.3 Å². The summed E-state index contributed by atoms with van der Waals surface area (Å²) < 4.78 is 7.70. The Balaban J connectivity index is 1.32. The molecular weight excluding hydrogens is 466 g/mol. The summed E-state index contributed by atoms with van der Waals surface area (Å²) in [5.74, 6) is 0.567. The summed E-state index contributed by atoms with van der Waals surface area (Å²) in [5.41, 5.74) is 1.65. The van der Waals surface area contributed by atoms with Crippen molar-refractivity contribution >= 4 is 6.09 Å². The van der Waals surface area contributed by atoms with E-state index in [0.717, 1.165) is 35.2 Å². The first-order valence-electron chi connectivity index (χ1n) is 13.1. The van der Waals surface area contributed by atoms with Crippen LogP contribution in [0.25, 0.3) is 11.3 Å². The number of cyclic esters (lactones) is 1. The summed E-state index contributed by atoms with van der Waals surface area (Å²) in [4.78, 5) is 27.2. The van der Waals surface area contributed by atoms with Gasteiger partial charge in [-0.25, -0.2) is 9.48 Å². The maximum Gasteiger partial charge on any atom is 0.411 e. The average molecular weight is 502 g/mol. The predicted molar refractivity (Wildman–Crippen MR) is 142 cm³/mol. The van der Waals surface area contributed by atoms with Crippen LogP contribution in [0.2, 0.25) is 0 Å². The largest absolute Gasteiger partial charge is 0.438 e. The van der Waals surface area contributed by atoms with Crippen LogP contribution in [0.15, 0.2) is 71.5 Å². The van der Waals surface area contributed by atoms with E-state index in [0.29, 0.717) is 31.8 Å². The van der Waals surface area contributed by atoms with Gasteiger partial charge in [-0.05, 0) is 56.7 Å². The van der Waals surface area contributed by atoms with Crippen molar-refractivity contribution in [3.63, 3.8) is 0 Å². The standard InChI is InChI=1S/C30H35N3O4/c1-21(23-11-13-24(14-12-23)26-15-16-27(34)33(31-26)19-22-9-10-22)32-18-17-30(37-28(32)35,20-29(2,3)36)25-7-5-4-6-8-25/h4-8,11-16,21-22,36H,9-10,17-20H2,1-3H3/t21-,30?/m0/s1. The third-order valence-electron chi connectivity index (χ3n) is 7.44. The minimum atomic E-state index is -0.991. The summed E-state index contributed by atoms with van der Waals surface area (Å²) in [5, 5.41) is 15.2. The highest BCUT2D eigenvalue weighted by atomic mass is 16.6. The van der Waals surface area contributed by atoms with Gasteiger partial charge in [0, 0.05) is 37.6 Å². The number of aliphatic hydroxyl groups is 1. The summed E-state index contributed by atoms with van der Waals surface area (Å²) >= 11 is 0. The number of nitrogens with zero attached hydrogens (tertiary/aromatic N) is 3. The summed E-state index contributed by atoms with van der Waals surface area (Å²) in [7, 11) is 0. The van der Waals surface area contributed by atoms with Gasteiger partial charge in [-0.15, -0.1) is 0 Å². The molecule has 2 heterocycles. The SMILES string of the molecule is C[C@@H](c1ccc(-c2ccc(=O)n(CC3CC3)n2)cc1)N1CCC(CC(C)(C)O)(c2ccccc2)OC1=O. The quantitative estimate of drug-likeness (QED) is 0.454. The fourth-order valence-electron chi connectivity index (χ4n) is 5.28. The Morgan fingerprint density at radius 3 is 2.38 bits per heavy atom. The van der Waals surface area contributed by atoms with E-state index in [1.54, 1.807) is 35.6 Å². The molecule has 3 aromatic rings. The van der Waals surface area contributed by atoms with Gasteiger partial charge in [-0.3, -0.25) is 4.79 Å². The molecule has 7 nitrogen and oxygen atoms in total. The third-order valence-corrected chi connectivity index (χ3v) is 7.44. The van der Waals surface area contributed by atoms with Crippen molar-refractivity contribution in [3.05, 3.63) is 88.2 Å². The predicted octanol–water partition coefficient (Wildman–Crippen LogP) is 5.28. The number of ether oxygens (including phenoxy) is 1. The highest BCUT2D eigenvalue weighted by molar-refractivity contribution is 5.70. The van der Waals surface area contributed by atoms with Crippen LogP contribution in [0.1, 0.15) is 63.6 Å². The molecule has 1 saturated carbocycles. The summed E-state index contributed by atoms with van der Waals surface area (Å²) in [6.45, 7) is 6.68. The number of rotatable bonds is 8. The minimum absolute atomic E-state index is 0.0688. The molecule has 1 amide bonds. The van der Waals surface area contributed by atoms with Gasteiger partial charge in [0.15, 0.2) is 0 Å². The van der Waals surface area contributed by atoms with Crippen molar-refractivity contribution in [1.82, 2.24) is 14.7 Å². The molecule has 2 atom stereocenters. The molecule has 0 radical (unpaired) electrons. The van der Waals surface area contributed by atoms with Crippen molar-refractivity contribution in [2.24, 2.45) is 5.92 Å². The van der Waals surface area contributed by atoms with Crippen LogP contribution < -0.4 is 5.56 Å². The number of carbonyl (C=O) groups excluding carboxylic acids is 1. The van der Waals surface area contributed by atoms with Crippen LogP contribution in [0, 0.1) is 5.92 Å². The van der Waals surface area contributed by atoms with Gasteiger partial charge in [0.1, 0.15) is 5.60 Å². The molecule has 7 heteroatoms. The van der Waals surface area contributed by atoms with Crippen LogP contribution in [0.5, 0.6) is 0 Å². The summed E-state index contributed by atoms with van der Waals surface area (Å²) in [6.07, 6.45) is 2.84. The second-order valence-corrected chi connectivity index (χ2v) is 11.1. The maximum atomic E-state index is 13.3. The van der Waals surface area contributed by atoms with E-state index in [2.05, 4.69) is 5.10 Å². The van der Waals surface area contributed by atoms with Gasteiger partial charge in [0.2, 0.25) is 0 Å². The third kappa shape index (κ3) is 5.62. The molecule has 194 valence electrons. The lowest BCUT2D eigenvalue weighted by atomic mass is 9.80. The number of hydrogen-bond acceptors (Lipinski definition) is 5. The lowest BCUT2D eigenvalue weighted by molar-refractivity contribution is -0.101. The zero-order valence-corrected chi connectivity index (χ0v) is 21.8. The molecule has 1 unspecified atom stereocenters. The Hall–Kier alpha value is -3.45. The average Bonchev–Trinajstić information content (AvgIpc) is 3.69. The van der Waals surface area contributed by atoms with Crippen molar-refractivity contribution in [3.8, 4) is 11.3 Å². The lowest BCUT2D eigenvalue weighted by Crippen LogP contribution is -2.51. The van der Waals surface area contributed by atoms with Crippen LogP contribution in [0.4, 0.5) is 4.79 Å². The van der Waals surface area contributed by atoms with Crippen molar-refractivity contribution in [2.75, 3.05) is 6.54 Å². The topological polar surface area (TPSA) is 84.7 Å². The molecule has 1 aliphatic heterocycles. The van der Waals surface area contributed by atoms with Gasteiger partial charge >= 0.3 is 6.09 Å². The van der Waals surface area contributed by atoms with E-state index < -0.39 is 11.2 Å². The molecule has 1 aromatic heterocycles. The monoisotopic (exact) mass is 501 g/mol. The van der Waals surface area contributed by atoms with Gasteiger partial charge < -0.3 is 14.7 Å². The number of amides is 1. The van der Waals surface area contributed by atoms with Crippen molar-refractivity contribution < 1.29 is 14.6 Å². The van der Waals surface area contributed by atoms with Gasteiger partial charge in [-0.1, -0.05) is 54.6 Å². The first-order valence-corrected chi connectivity index (χ1v) is 13.1. The Kier molecular flexibility index (Phi) is 6.67. The van der Waals surface area contributed by atoms with E-state index in [1.807, 2.05) is 61.5 Å². The molecular formula is C30H35N3O4. The number of hydrogen-bond donors (Lipinski definition) is 1. The van der Waals surface area contributed by atoms with E-state index in [4.69, 9.17) is 4.74 Å². The number of carbonyl (C=O) groups is 1. The molecule has 0 spiro atoms. The number of aromatic nitrogens is 2. The first kappa shape index (κ1) is 25.2. The molecule has 0 bridgehead atoms. The Bertz CT molecular complexity index is 1310. The summed E-state index contributed by atoms with van der Waals surface area (Å²) in [6, 6.07) is 20.8. The molecule has 2 aromatic carbocycles. The van der Waals surface area contributed by atoms with E-state index >= 15 is 0 Å². The lowest BCUT2D eigenvalue weighted by Gasteiger charge is -2.45. The Morgan fingerprint density at radius 2 is 1.76 bits per heavy atom. The fraction of sp³-hybridized carbons (Fsp3) is 0.433. The highest BCUT2D eigenvalue weighted by Gasteiger charge is 2.46. The number of benzene rings is 2. The van der Waals surface area contributed by atoms with Crippen molar-refractivity contribution in [1.29, 1.82) is 0 Å². The Labute approximate surface area is 217 Å². The molecule has 5 rings (SSSR count). The second kappa shape index (κ2) is 9.78. The normalized spacial score (nSPS) is 21.0.